The summed E-state index contributed by atoms with van der Waals surface area (Å²) in [6.07, 6.45) is 1.97. The predicted molar refractivity (Wildman–Crippen MR) is 165 cm³/mol. The third kappa shape index (κ3) is 8.96. The second kappa shape index (κ2) is 14.3. The van der Waals surface area contributed by atoms with Gasteiger partial charge in [0.25, 0.3) is 0 Å². The molecule has 0 aromatic heterocycles. The molecule has 7 nitrogen and oxygen atoms in total. The van der Waals surface area contributed by atoms with E-state index in [0.29, 0.717) is 32.2 Å². The molecule has 0 saturated carbocycles. The van der Waals surface area contributed by atoms with Gasteiger partial charge in [0.2, 0.25) is 21.8 Å². The molecule has 3 aromatic carbocycles. The van der Waals surface area contributed by atoms with Crippen LogP contribution in [0.3, 0.4) is 0 Å². The maximum Gasteiger partial charge on any atom is 0.244 e. The molecule has 0 aliphatic heterocycles. The Kier molecular flexibility index (Phi) is 11.5. The molecule has 0 radical (unpaired) electrons. The summed E-state index contributed by atoms with van der Waals surface area (Å²) in [4.78, 5) is 29.2. The highest BCUT2D eigenvalue weighted by atomic mass is 79.9. The largest absolute Gasteiger partial charge is 0.352 e. The van der Waals surface area contributed by atoms with Crippen LogP contribution in [0.15, 0.2) is 77.3 Å². The van der Waals surface area contributed by atoms with Crippen LogP contribution in [-0.2, 0) is 32.6 Å². The van der Waals surface area contributed by atoms with E-state index in [1.807, 2.05) is 44.2 Å². The summed E-state index contributed by atoms with van der Waals surface area (Å²) in [6, 6.07) is 20.0. The van der Waals surface area contributed by atoms with Crippen molar-refractivity contribution in [2.75, 3.05) is 17.1 Å². The molecule has 1 N–H and O–H groups in total. The zero-order chi connectivity index (χ0) is 29.4. The number of hydrogen-bond acceptors (Lipinski definition) is 4. The Labute approximate surface area is 254 Å². The summed E-state index contributed by atoms with van der Waals surface area (Å²) in [6.45, 7) is 3.36. The van der Waals surface area contributed by atoms with Gasteiger partial charge in [-0.05, 0) is 54.8 Å². The van der Waals surface area contributed by atoms with E-state index in [0.717, 1.165) is 16.1 Å². The summed E-state index contributed by atoms with van der Waals surface area (Å²) in [5, 5.41) is 3.66. The van der Waals surface area contributed by atoms with E-state index in [1.54, 1.807) is 42.5 Å². The lowest BCUT2D eigenvalue weighted by Gasteiger charge is -2.34. The molecule has 40 heavy (non-hydrogen) atoms. The third-order valence-corrected chi connectivity index (χ3v) is 8.76. The maximum absolute atomic E-state index is 14.1. The van der Waals surface area contributed by atoms with Crippen molar-refractivity contribution in [2.45, 2.75) is 45.3 Å². The van der Waals surface area contributed by atoms with Gasteiger partial charge in [0.1, 0.15) is 12.6 Å². The minimum atomic E-state index is -3.85. The molecule has 3 rings (SSSR count). The standard InChI is InChI=1S/C29H32BrCl2N3O4S/c1-4-20(2)33-29(37)27(16-21-9-6-5-7-10-21)34(18-22-13-14-25(31)26(32)15-22)28(36)19-35(40(3,38)39)24-12-8-11-23(30)17-24/h5-15,17,20,27H,4,16,18-19H2,1-3H3,(H,33,37)/t20-,27+/m0/s1. The highest BCUT2D eigenvalue weighted by molar-refractivity contribution is 9.10. The Balaban J connectivity index is 2.08. The van der Waals surface area contributed by atoms with Crippen LogP contribution in [0.4, 0.5) is 5.69 Å². The van der Waals surface area contributed by atoms with Gasteiger partial charge in [-0.25, -0.2) is 8.42 Å². The average Bonchev–Trinajstić information content (AvgIpc) is 2.90. The van der Waals surface area contributed by atoms with E-state index in [9.17, 15) is 18.0 Å². The molecule has 0 saturated heterocycles. The van der Waals surface area contributed by atoms with Crippen molar-refractivity contribution in [3.8, 4) is 0 Å². The normalized spacial score (nSPS) is 12.8. The first-order valence-electron chi connectivity index (χ1n) is 12.7. The van der Waals surface area contributed by atoms with Gasteiger partial charge < -0.3 is 10.2 Å². The summed E-state index contributed by atoms with van der Waals surface area (Å²) in [5.74, 6) is -0.878. The topological polar surface area (TPSA) is 86.8 Å². The number of amides is 2. The first kappa shape index (κ1) is 31.9. The first-order valence-corrected chi connectivity index (χ1v) is 16.1. The van der Waals surface area contributed by atoms with Crippen LogP contribution < -0.4 is 9.62 Å². The van der Waals surface area contributed by atoms with Crippen LogP contribution in [0.5, 0.6) is 0 Å². The number of halogens is 3. The van der Waals surface area contributed by atoms with Gasteiger partial charge >= 0.3 is 0 Å². The van der Waals surface area contributed by atoms with E-state index in [2.05, 4.69) is 21.2 Å². The lowest BCUT2D eigenvalue weighted by molar-refractivity contribution is -0.140. The van der Waals surface area contributed by atoms with Crippen LogP contribution in [0, 0.1) is 0 Å². The van der Waals surface area contributed by atoms with Crippen molar-refractivity contribution in [3.05, 3.63) is 98.4 Å². The molecule has 214 valence electrons. The molecule has 11 heteroatoms. The van der Waals surface area contributed by atoms with Gasteiger partial charge in [0, 0.05) is 23.5 Å². The Bertz CT molecular complexity index is 1440. The molecule has 0 bridgehead atoms. The minimum Gasteiger partial charge on any atom is -0.352 e. The SMILES string of the molecule is CC[C@H](C)NC(=O)[C@@H](Cc1ccccc1)N(Cc1ccc(Cl)c(Cl)c1)C(=O)CN(c1cccc(Br)c1)S(C)(=O)=O. The van der Waals surface area contributed by atoms with E-state index in [4.69, 9.17) is 23.2 Å². The Hall–Kier alpha value is -2.59. The molecule has 0 aliphatic rings. The summed E-state index contributed by atoms with van der Waals surface area (Å²) >= 11 is 15.8. The minimum absolute atomic E-state index is 0.0111. The second-order valence-electron chi connectivity index (χ2n) is 9.54. The van der Waals surface area contributed by atoms with Crippen molar-refractivity contribution in [1.29, 1.82) is 0 Å². The Morgan fingerprint density at radius 2 is 1.65 bits per heavy atom. The molecule has 2 amide bonds. The number of carbonyl (C=O) groups excluding carboxylic acids is 2. The summed E-state index contributed by atoms with van der Waals surface area (Å²) in [7, 11) is -3.85. The van der Waals surface area contributed by atoms with E-state index < -0.39 is 28.5 Å². The van der Waals surface area contributed by atoms with Crippen molar-refractivity contribution < 1.29 is 18.0 Å². The number of nitrogens with one attached hydrogen (secondary N) is 1. The molecular formula is C29H32BrCl2N3O4S. The van der Waals surface area contributed by atoms with Gasteiger partial charge in [0.05, 0.1) is 22.0 Å². The number of benzene rings is 3. The summed E-state index contributed by atoms with van der Waals surface area (Å²) in [5.41, 5.74) is 1.82. The van der Waals surface area contributed by atoms with Gasteiger partial charge in [-0.1, -0.05) is 88.5 Å². The zero-order valence-electron chi connectivity index (χ0n) is 22.5. The van der Waals surface area contributed by atoms with Crippen LogP contribution in [0.2, 0.25) is 10.0 Å². The van der Waals surface area contributed by atoms with Gasteiger partial charge in [-0.2, -0.15) is 0 Å². The number of sulfonamides is 1. The van der Waals surface area contributed by atoms with Gasteiger partial charge in [-0.15, -0.1) is 0 Å². The number of carbonyl (C=O) groups is 2. The molecule has 0 spiro atoms. The molecule has 3 aromatic rings. The van der Waals surface area contributed by atoms with Crippen molar-refractivity contribution in [3.63, 3.8) is 0 Å². The van der Waals surface area contributed by atoms with Crippen LogP contribution in [0.25, 0.3) is 0 Å². The Morgan fingerprint density at radius 1 is 0.950 bits per heavy atom. The van der Waals surface area contributed by atoms with Gasteiger partial charge in [-0.3, -0.25) is 13.9 Å². The number of rotatable bonds is 12. The molecule has 0 aliphatic carbocycles. The molecule has 2 atom stereocenters. The monoisotopic (exact) mass is 667 g/mol. The quantitative estimate of drug-likeness (QED) is 0.254. The van der Waals surface area contributed by atoms with E-state index in [-0.39, 0.29) is 24.9 Å². The van der Waals surface area contributed by atoms with E-state index in [1.165, 1.54) is 4.90 Å². The second-order valence-corrected chi connectivity index (χ2v) is 13.2. The molecular weight excluding hydrogens is 637 g/mol. The van der Waals surface area contributed by atoms with Crippen LogP contribution in [-0.4, -0.2) is 50.0 Å². The van der Waals surface area contributed by atoms with Crippen LogP contribution in [0.1, 0.15) is 31.4 Å². The summed E-state index contributed by atoms with van der Waals surface area (Å²) < 4.78 is 27.4. The van der Waals surface area contributed by atoms with Crippen molar-refractivity contribution in [1.82, 2.24) is 10.2 Å². The fraction of sp³-hybridized carbons (Fsp3) is 0.310. The number of anilines is 1. The fourth-order valence-corrected chi connectivity index (χ4v) is 5.62. The zero-order valence-corrected chi connectivity index (χ0v) is 26.4. The smallest absolute Gasteiger partial charge is 0.244 e. The highest BCUT2D eigenvalue weighted by Crippen LogP contribution is 2.26. The van der Waals surface area contributed by atoms with Gasteiger partial charge in [0.15, 0.2) is 0 Å². The Morgan fingerprint density at radius 3 is 2.25 bits per heavy atom. The fourth-order valence-electron chi connectivity index (χ4n) is 4.07. The maximum atomic E-state index is 14.1. The average molecular weight is 669 g/mol. The number of hydrogen-bond donors (Lipinski definition) is 1. The molecule has 0 unspecified atom stereocenters. The third-order valence-electron chi connectivity index (χ3n) is 6.38. The van der Waals surface area contributed by atoms with Crippen LogP contribution >= 0.6 is 39.1 Å². The number of nitrogens with zero attached hydrogens (tertiary/aromatic N) is 2. The highest BCUT2D eigenvalue weighted by Gasteiger charge is 2.33. The lowest BCUT2D eigenvalue weighted by atomic mass is 10.0. The molecule has 0 fully saturated rings. The lowest BCUT2D eigenvalue weighted by Crippen LogP contribution is -2.54. The predicted octanol–water partition coefficient (Wildman–Crippen LogP) is 6.08. The van der Waals surface area contributed by atoms with Crippen molar-refractivity contribution in [2.24, 2.45) is 0 Å². The first-order chi connectivity index (χ1) is 18.9. The van der Waals surface area contributed by atoms with Crippen molar-refractivity contribution >= 4 is 66.7 Å². The molecule has 0 heterocycles. The van der Waals surface area contributed by atoms with E-state index >= 15 is 0 Å².